The van der Waals surface area contributed by atoms with Crippen molar-refractivity contribution in [2.75, 3.05) is 12.3 Å². The molecule has 1 aliphatic rings. The molecule has 12 heavy (non-hydrogen) atoms. The van der Waals surface area contributed by atoms with Crippen molar-refractivity contribution >= 4 is 22.8 Å². The summed E-state index contributed by atoms with van der Waals surface area (Å²) in [5.74, 6) is 1.04. The third kappa shape index (κ3) is 3.26. The highest BCUT2D eigenvalue weighted by atomic mass is 32.2. The first-order valence-electron chi connectivity index (χ1n) is 4.36. The van der Waals surface area contributed by atoms with E-state index in [0.29, 0.717) is 6.42 Å². The second kappa shape index (κ2) is 5.19. The van der Waals surface area contributed by atoms with Gasteiger partial charge in [-0.25, -0.2) is 10.1 Å². The van der Waals surface area contributed by atoms with Crippen molar-refractivity contribution < 1.29 is 9.79 Å². The maximum atomic E-state index is 10.9. The fourth-order valence-corrected chi connectivity index (χ4v) is 1.83. The Morgan fingerprint density at radius 3 is 3.17 bits per heavy atom. The van der Waals surface area contributed by atoms with Crippen LogP contribution < -0.4 is 10.3 Å². The van der Waals surface area contributed by atoms with Crippen molar-refractivity contribution in [2.45, 2.75) is 26.2 Å². The minimum atomic E-state index is 0.132. The third-order valence-electron chi connectivity index (χ3n) is 1.64. The van der Waals surface area contributed by atoms with Crippen LogP contribution in [0.3, 0.4) is 0 Å². The maximum Gasteiger partial charge on any atom is 0.311 e. The highest BCUT2D eigenvalue weighted by Crippen LogP contribution is 2.05. The maximum absolute atomic E-state index is 10.9. The number of nitrogens with one attached hydrogen (secondary N) is 2. The van der Waals surface area contributed by atoms with Gasteiger partial charge in [0.2, 0.25) is 0 Å². The molecule has 0 bridgehead atoms. The Hall–Kier alpha value is -0.510. The summed E-state index contributed by atoms with van der Waals surface area (Å²) in [6.07, 6.45) is 2.97. The molecule has 0 radical (unpaired) electrons. The molecule has 0 spiro atoms. The van der Waals surface area contributed by atoms with Gasteiger partial charge in [-0.05, 0) is 18.2 Å². The average Bonchev–Trinajstić information content (AvgIpc) is 2.05. The number of carbonyl (C=O) groups is 1. The Morgan fingerprint density at radius 1 is 1.67 bits per heavy atom. The van der Waals surface area contributed by atoms with E-state index < -0.39 is 0 Å². The summed E-state index contributed by atoms with van der Waals surface area (Å²) < 4.78 is 0. The lowest BCUT2D eigenvalue weighted by Crippen LogP contribution is -2.76. The van der Waals surface area contributed by atoms with Crippen molar-refractivity contribution in [3.05, 3.63) is 0 Å². The molecule has 1 heterocycles. The molecule has 0 aromatic rings. The molecule has 0 aromatic heterocycles. The second-order valence-corrected chi connectivity index (χ2v) is 3.86. The molecule has 4 heteroatoms. The van der Waals surface area contributed by atoms with E-state index in [4.69, 9.17) is 0 Å². The van der Waals surface area contributed by atoms with Gasteiger partial charge in [0.25, 0.3) is 0 Å². The minimum Gasteiger partial charge on any atom is -0.269 e. The summed E-state index contributed by atoms with van der Waals surface area (Å²) in [6.45, 7) is 3.11. The van der Waals surface area contributed by atoms with Crippen molar-refractivity contribution in [3.63, 3.8) is 0 Å². The van der Waals surface area contributed by atoms with E-state index in [0.717, 1.165) is 23.9 Å². The largest absolute Gasteiger partial charge is 0.311 e. The zero-order valence-corrected chi connectivity index (χ0v) is 8.17. The van der Waals surface area contributed by atoms with Gasteiger partial charge in [-0.3, -0.25) is 4.99 Å². The van der Waals surface area contributed by atoms with Gasteiger partial charge in [0.15, 0.2) is 0 Å². The Balaban J connectivity index is 2.29. The molecule has 2 N–H and O–H groups in total. The summed E-state index contributed by atoms with van der Waals surface area (Å²) in [4.78, 5) is 14.1. The standard InChI is InChI=1S/C8H14N2OS/c1-2-3-5-9-8-10-7(11)4-6-12-8/h2-6H2,1H3,(H,9,10,11)/p+1. The molecule has 0 saturated carbocycles. The molecule has 0 aliphatic carbocycles. The summed E-state index contributed by atoms with van der Waals surface area (Å²) >= 11 is 1.69. The van der Waals surface area contributed by atoms with Crippen molar-refractivity contribution in [3.8, 4) is 0 Å². The first-order valence-corrected chi connectivity index (χ1v) is 5.35. The van der Waals surface area contributed by atoms with Crippen LogP contribution in [-0.2, 0) is 4.79 Å². The van der Waals surface area contributed by atoms with Gasteiger partial charge in [0, 0.05) is 5.75 Å². The van der Waals surface area contributed by atoms with E-state index in [1.165, 1.54) is 6.42 Å². The average molecular weight is 187 g/mol. The van der Waals surface area contributed by atoms with E-state index in [1.807, 2.05) is 0 Å². The highest BCUT2D eigenvalue weighted by Gasteiger charge is 2.19. The first kappa shape index (κ1) is 9.58. The van der Waals surface area contributed by atoms with Gasteiger partial charge >= 0.3 is 11.1 Å². The predicted molar refractivity (Wildman–Crippen MR) is 51.0 cm³/mol. The van der Waals surface area contributed by atoms with Gasteiger partial charge in [0.05, 0.1) is 13.0 Å². The van der Waals surface area contributed by atoms with Crippen LogP contribution in [0.4, 0.5) is 0 Å². The number of amides is 1. The lowest BCUT2D eigenvalue weighted by molar-refractivity contribution is -0.456. The van der Waals surface area contributed by atoms with E-state index >= 15 is 0 Å². The topological polar surface area (TPSA) is 43.1 Å². The van der Waals surface area contributed by atoms with Crippen LogP contribution >= 0.6 is 11.8 Å². The molecule has 0 atom stereocenters. The zero-order chi connectivity index (χ0) is 8.81. The first-order chi connectivity index (χ1) is 5.83. The van der Waals surface area contributed by atoms with Crippen LogP contribution in [0.1, 0.15) is 26.2 Å². The number of thioether (sulfide) groups is 1. The number of carbonyl (C=O) groups excluding carboxylic acids is 1. The van der Waals surface area contributed by atoms with Crippen LogP contribution in [0.5, 0.6) is 0 Å². The lowest BCUT2D eigenvalue weighted by Gasteiger charge is -2.06. The second-order valence-electron chi connectivity index (χ2n) is 2.76. The molecule has 1 rings (SSSR count). The molecule has 3 nitrogen and oxygen atoms in total. The van der Waals surface area contributed by atoms with Gasteiger partial charge in [-0.1, -0.05) is 13.3 Å². The Labute approximate surface area is 77.0 Å². The highest BCUT2D eigenvalue weighted by molar-refractivity contribution is 8.13. The van der Waals surface area contributed by atoms with Gasteiger partial charge in [-0.15, -0.1) is 0 Å². The molecule has 1 saturated heterocycles. The molecule has 1 fully saturated rings. The fourth-order valence-electron chi connectivity index (χ4n) is 0.945. The molecule has 0 unspecified atom stereocenters. The SMILES string of the molecule is CCCC[NH+]=C1NC(=O)CCS1. The molecular weight excluding hydrogens is 172 g/mol. The van der Waals surface area contributed by atoms with Crippen LogP contribution in [0, 0.1) is 0 Å². The van der Waals surface area contributed by atoms with Crippen molar-refractivity contribution in [2.24, 2.45) is 0 Å². The Kier molecular flexibility index (Phi) is 4.14. The lowest BCUT2D eigenvalue weighted by atomic mass is 10.3. The zero-order valence-electron chi connectivity index (χ0n) is 7.35. The number of amidine groups is 1. The van der Waals surface area contributed by atoms with E-state index in [9.17, 15) is 4.79 Å². The van der Waals surface area contributed by atoms with Crippen LogP contribution in [0.2, 0.25) is 0 Å². The molecule has 1 aliphatic heterocycles. The summed E-state index contributed by atoms with van der Waals surface area (Å²) in [5, 5.41) is 3.74. The number of hydrogen-bond donors (Lipinski definition) is 2. The van der Waals surface area contributed by atoms with Crippen molar-refractivity contribution in [1.82, 2.24) is 5.32 Å². The quantitative estimate of drug-likeness (QED) is 0.584. The number of rotatable bonds is 3. The monoisotopic (exact) mass is 187 g/mol. The summed E-state index contributed by atoms with van der Waals surface area (Å²) in [6, 6.07) is 0. The normalized spacial score (nSPS) is 21.1. The summed E-state index contributed by atoms with van der Waals surface area (Å²) in [7, 11) is 0. The van der Waals surface area contributed by atoms with Gasteiger partial charge in [0.1, 0.15) is 0 Å². The smallest absolute Gasteiger partial charge is 0.269 e. The summed E-state index contributed by atoms with van der Waals surface area (Å²) in [5.41, 5.74) is 0. The Bertz CT molecular complexity index is 191. The van der Waals surface area contributed by atoms with Crippen LogP contribution in [0.15, 0.2) is 0 Å². The minimum absolute atomic E-state index is 0.132. The van der Waals surface area contributed by atoms with Crippen LogP contribution in [-0.4, -0.2) is 23.4 Å². The van der Waals surface area contributed by atoms with E-state index in [-0.39, 0.29) is 5.91 Å². The van der Waals surface area contributed by atoms with E-state index in [2.05, 4.69) is 17.2 Å². The Morgan fingerprint density at radius 2 is 2.50 bits per heavy atom. The van der Waals surface area contributed by atoms with Gasteiger partial charge < -0.3 is 0 Å². The van der Waals surface area contributed by atoms with E-state index in [1.54, 1.807) is 11.8 Å². The fraction of sp³-hybridized carbons (Fsp3) is 0.750. The molecule has 0 aromatic carbocycles. The van der Waals surface area contributed by atoms with Gasteiger partial charge in [-0.2, -0.15) is 0 Å². The predicted octanol–water partition coefficient (Wildman–Crippen LogP) is -0.524. The third-order valence-corrected chi connectivity index (χ3v) is 2.59. The van der Waals surface area contributed by atoms with Crippen molar-refractivity contribution in [1.29, 1.82) is 0 Å². The van der Waals surface area contributed by atoms with Crippen LogP contribution in [0.25, 0.3) is 0 Å². The number of unbranched alkanes of at least 4 members (excludes halogenated alkanes) is 1. The number of hydrogen-bond acceptors (Lipinski definition) is 2. The molecular formula is C8H15N2OS+. The molecule has 1 amide bonds. The molecule has 68 valence electrons.